The molecule has 0 radical (unpaired) electrons. The van der Waals surface area contributed by atoms with Gasteiger partial charge >= 0.3 is 0 Å². The van der Waals surface area contributed by atoms with Crippen LogP contribution >= 0.6 is 0 Å². The molecule has 9 heteroatoms. The van der Waals surface area contributed by atoms with Crippen molar-refractivity contribution in [2.45, 2.75) is 66.3 Å². The van der Waals surface area contributed by atoms with E-state index in [9.17, 15) is 19.2 Å². The van der Waals surface area contributed by atoms with Crippen LogP contribution in [-0.2, 0) is 22.4 Å². The summed E-state index contributed by atoms with van der Waals surface area (Å²) in [5.41, 5.74) is 10.5. The molecule has 3 amide bonds. The highest BCUT2D eigenvalue weighted by atomic mass is 16.2. The molecule has 1 atom stereocenters. The van der Waals surface area contributed by atoms with Gasteiger partial charge in [0.05, 0.1) is 12.0 Å². The number of benzene rings is 1. The minimum absolute atomic E-state index is 0.0517. The van der Waals surface area contributed by atoms with E-state index in [2.05, 4.69) is 24.5 Å². The van der Waals surface area contributed by atoms with Gasteiger partial charge in [-0.1, -0.05) is 13.8 Å². The third-order valence-electron chi connectivity index (χ3n) is 7.39. The molecule has 2 heterocycles. The van der Waals surface area contributed by atoms with E-state index in [-0.39, 0.29) is 35.5 Å². The molecule has 0 fully saturated rings. The van der Waals surface area contributed by atoms with E-state index < -0.39 is 5.91 Å². The fourth-order valence-electron chi connectivity index (χ4n) is 5.58. The number of hydrogen-bond acceptors (Lipinski definition) is 5. The molecule has 2 aliphatic rings. The third kappa shape index (κ3) is 5.40. The summed E-state index contributed by atoms with van der Waals surface area (Å²) in [6, 6.07) is 5.38. The zero-order chi connectivity index (χ0) is 27.1. The van der Waals surface area contributed by atoms with Gasteiger partial charge in [-0.05, 0) is 55.9 Å². The van der Waals surface area contributed by atoms with Crippen LogP contribution in [0, 0.1) is 12.3 Å². The maximum Gasteiger partial charge on any atom is 0.250 e. The van der Waals surface area contributed by atoms with Crippen molar-refractivity contribution >= 4 is 29.2 Å². The van der Waals surface area contributed by atoms with E-state index in [1.165, 1.54) is 6.92 Å². The van der Waals surface area contributed by atoms with Crippen LogP contribution in [0.25, 0.3) is 5.69 Å². The van der Waals surface area contributed by atoms with E-state index in [0.29, 0.717) is 55.7 Å². The first-order chi connectivity index (χ1) is 17.4. The normalized spacial score (nSPS) is 19.2. The van der Waals surface area contributed by atoms with Crippen molar-refractivity contribution in [2.75, 3.05) is 25.0 Å². The molecule has 0 saturated heterocycles. The minimum Gasteiger partial charge on any atom is -0.382 e. The number of ketones is 1. The quantitative estimate of drug-likeness (QED) is 0.587. The summed E-state index contributed by atoms with van der Waals surface area (Å²) >= 11 is 0. The molecule has 1 aromatic heterocycles. The second-order valence-electron chi connectivity index (χ2n) is 11.1. The zero-order valence-corrected chi connectivity index (χ0v) is 22.4. The van der Waals surface area contributed by atoms with Gasteiger partial charge in [-0.25, -0.2) is 0 Å². The van der Waals surface area contributed by atoms with E-state index >= 15 is 0 Å². The Morgan fingerprint density at radius 3 is 2.59 bits per heavy atom. The highest BCUT2D eigenvalue weighted by Crippen LogP contribution is 2.40. The van der Waals surface area contributed by atoms with Gasteiger partial charge in [0.25, 0.3) is 5.91 Å². The monoisotopic (exact) mass is 507 g/mol. The lowest BCUT2D eigenvalue weighted by molar-refractivity contribution is -0.131. The number of rotatable bonds is 4. The molecule has 0 saturated carbocycles. The first-order valence-electron chi connectivity index (χ1n) is 12.9. The van der Waals surface area contributed by atoms with Crippen molar-refractivity contribution in [3.63, 3.8) is 0 Å². The van der Waals surface area contributed by atoms with Crippen LogP contribution in [0.2, 0.25) is 0 Å². The first-order valence-corrected chi connectivity index (χ1v) is 12.9. The van der Waals surface area contributed by atoms with Gasteiger partial charge in [-0.3, -0.25) is 19.2 Å². The van der Waals surface area contributed by atoms with Crippen molar-refractivity contribution in [3.05, 3.63) is 46.3 Å². The van der Waals surface area contributed by atoms with Gasteiger partial charge in [0.2, 0.25) is 11.8 Å². The molecule has 2 aromatic rings. The summed E-state index contributed by atoms with van der Waals surface area (Å²) in [6.45, 7) is 10.7. The summed E-state index contributed by atoms with van der Waals surface area (Å²) in [7, 11) is 0. The van der Waals surface area contributed by atoms with Crippen LogP contribution in [0.1, 0.15) is 78.2 Å². The zero-order valence-electron chi connectivity index (χ0n) is 22.4. The van der Waals surface area contributed by atoms with Crippen LogP contribution in [0.5, 0.6) is 0 Å². The Hall–Kier alpha value is -3.62. The molecule has 1 aromatic carbocycles. The van der Waals surface area contributed by atoms with Gasteiger partial charge in [-0.2, -0.15) is 0 Å². The highest BCUT2D eigenvalue weighted by molar-refractivity contribution is 6.01. The molecule has 2 bridgehead atoms. The Balaban J connectivity index is 1.89. The van der Waals surface area contributed by atoms with Crippen molar-refractivity contribution in [1.82, 2.24) is 14.8 Å². The lowest BCUT2D eigenvalue weighted by atomic mass is 9.75. The van der Waals surface area contributed by atoms with Crippen LogP contribution in [0.15, 0.2) is 18.2 Å². The molecule has 37 heavy (non-hydrogen) atoms. The molecule has 4 rings (SSSR count). The molecular formula is C28H37N5O4. The van der Waals surface area contributed by atoms with Crippen molar-refractivity contribution < 1.29 is 19.2 Å². The molecule has 0 spiro atoms. The third-order valence-corrected chi connectivity index (χ3v) is 7.39. The van der Waals surface area contributed by atoms with Crippen molar-refractivity contribution in [1.29, 1.82) is 0 Å². The average Bonchev–Trinajstić information content (AvgIpc) is 3.04. The number of amides is 3. The molecule has 9 nitrogen and oxygen atoms in total. The van der Waals surface area contributed by atoms with Gasteiger partial charge in [0, 0.05) is 67.3 Å². The first kappa shape index (κ1) is 26.4. The Morgan fingerprint density at radius 1 is 1.19 bits per heavy atom. The number of nitrogens with two attached hydrogens (primary N) is 1. The maximum absolute atomic E-state index is 13.7. The number of nitrogens with one attached hydrogen (secondary N) is 2. The summed E-state index contributed by atoms with van der Waals surface area (Å²) in [4.78, 5) is 52.3. The van der Waals surface area contributed by atoms with Gasteiger partial charge in [0.15, 0.2) is 5.78 Å². The number of nitrogens with zero attached hydrogens (tertiary/aromatic N) is 2. The Kier molecular flexibility index (Phi) is 7.17. The summed E-state index contributed by atoms with van der Waals surface area (Å²) in [5, 5.41) is 6.18. The lowest BCUT2D eigenvalue weighted by Gasteiger charge is -2.30. The number of aromatic nitrogens is 1. The number of Topliss-reactive ketones (excluding diaryl/α,β-unsaturated/α-hetero) is 1. The Labute approximate surface area is 217 Å². The van der Waals surface area contributed by atoms with Gasteiger partial charge in [-0.15, -0.1) is 0 Å². The number of anilines is 1. The summed E-state index contributed by atoms with van der Waals surface area (Å²) in [5.74, 6) is -0.641. The summed E-state index contributed by atoms with van der Waals surface area (Å²) < 4.78 is 2.04. The second-order valence-corrected chi connectivity index (χ2v) is 11.1. The Bertz CT molecular complexity index is 1280. The highest BCUT2D eigenvalue weighted by Gasteiger charge is 2.37. The van der Waals surface area contributed by atoms with E-state index in [0.717, 1.165) is 22.6 Å². The SMILES string of the molecule is CC(=O)NCCN1CC[C@H](C)Nc2cc(ccc2C(N)=O)-n2c(c(C)c3c2CC(C)(C)CC3=O)CC1=O. The molecule has 1 aliphatic heterocycles. The van der Waals surface area contributed by atoms with Crippen LogP contribution in [0.3, 0.4) is 0 Å². The largest absolute Gasteiger partial charge is 0.382 e. The lowest BCUT2D eigenvalue weighted by Crippen LogP contribution is -2.41. The molecular weight excluding hydrogens is 470 g/mol. The fraction of sp³-hybridized carbons (Fsp3) is 0.500. The molecule has 0 unspecified atom stereocenters. The van der Waals surface area contributed by atoms with Crippen molar-refractivity contribution in [2.24, 2.45) is 11.1 Å². The number of carbonyl (C=O) groups is 4. The molecule has 4 N–H and O–H groups in total. The minimum atomic E-state index is -0.525. The van der Waals surface area contributed by atoms with E-state index in [4.69, 9.17) is 5.73 Å². The predicted octanol–water partition coefficient (Wildman–Crippen LogP) is 2.75. The smallest absolute Gasteiger partial charge is 0.250 e. The predicted molar refractivity (Wildman–Crippen MR) is 142 cm³/mol. The number of primary amides is 1. The van der Waals surface area contributed by atoms with E-state index in [1.54, 1.807) is 11.0 Å². The van der Waals surface area contributed by atoms with Gasteiger partial charge < -0.3 is 25.8 Å². The number of carbonyl (C=O) groups excluding carboxylic acids is 4. The van der Waals surface area contributed by atoms with Crippen LogP contribution < -0.4 is 16.4 Å². The molecule has 1 aliphatic carbocycles. The number of fused-ring (bicyclic) bond motifs is 6. The topological polar surface area (TPSA) is 127 Å². The summed E-state index contributed by atoms with van der Waals surface area (Å²) in [6.07, 6.45) is 1.90. The Morgan fingerprint density at radius 2 is 1.92 bits per heavy atom. The number of hydrogen-bond donors (Lipinski definition) is 3. The molecule has 198 valence electrons. The maximum atomic E-state index is 13.7. The second kappa shape index (κ2) is 10.0. The fourth-order valence-corrected chi connectivity index (χ4v) is 5.58. The average molecular weight is 508 g/mol. The van der Waals surface area contributed by atoms with Gasteiger partial charge in [0.1, 0.15) is 0 Å². The van der Waals surface area contributed by atoms with Crippen LogP contribution in [0.4, 0.5) is 5.69 Å². The van der Waals surface area contributed by atoms with Crippen LogP contribution in [-0.4, -0.2) is 58.6 Å². The standard InChI is InChI=1S/C28H37N5O4/c1-16-8-10-32(11-9-30-18(3)34)25(36)13-22-17(2)26-23(14-28(4,5)15-24(26)35)33(22)19-6-7-20(27(29)37)21(12-19)31-16/h6-7,12,16,31H,8-11,13-15H2,1-5H3,(H2,29,37)(H,30,34)/t16-/m0/s1. The van der Waals surface area contributed by atoms with E-state index in [1.807, 2.05) is 30.5 Å². The van der Waals surface area contributed by atoms with Crippen molar-refractivity contribution in [3.8, 4) is 5.69 Å².